The van der Waals surface area contributed by atoms with E-state index < -0.39 is 12.1 Å². The van der Waals surface area contributed by atoms with E-state index in [1.54, 1.807) is 11.3 Å². The van der Waals surface area contributed by atoms with Crippen LogP contribution in [0.2, 0.25) is 0 Å². The van der Waals surface area contributed by atoms with Crippen LogP contribution in [0.4, 0.5) is 13.2 Å². The van der Waals surface area contributed by atoms with Crippen molar-refractivity contribution in [1.82, 2.24) is 14.9 Å². The number of aliphatic hydroxyl groups excluding tert-OH is 1. The van der Waals surface area contributed by atoms with Gasteiger partial charge in [-0.2, -0.15) is 13.2 Å². The number of β-amino-alcohol motifs (C(OH)–C–C–N with tert-alkyl or cyclic N) is 1. The van der Waals surface area contributed by atoms with Crippen LogP contribution in [0.15, 0.2) is 54.6 Å². The number of benzene rings is 2. The summed E-state index contributed by atoms with van der Waals surface area (Å²) in [6.45, 7) is 4.83. The zero-order valence-electron chi connectivity index (χ0n) is 19.5. The Hall–Kier alpha value is -3.21. The third-order valence-corrected chi connectivity index (χ3v) is 7.04. The highest BCUT2D eigenvalue weighted by molar-refractivity contribution is 7.18. The topological polar surface area (TPSA) is 89.5 Å². The number of imidazole rings is 1. The number of hydrogen-bond donors (Lipinski definition) is 3. The maximum atomic E-state index is 10.6. The Labute approximate surface area is 210 Å². The van der Waals surface area contributed by atoms with Crippen molar-refractivity contribution in [3.8, 4) is 21.1 Å². The van der Waals surface area contributed by atoms with Crippen molar-refractivity contribution < 1.29 is 28.2 Å². The molecule has 36 heavy (non-hydrogen) atoms. The summed E-state index contributed by atoms with van der Waals surface area (Å²) in [6, 6.07) is 19.3. The summed E-state index contributed by atoms with van der Waals surface area (Å²) in [6.07, 6.45) is -3.26. The van der Waals surface area contributed by atoms with Crippen LogP contribution in [-0.4, -0.2) is 56.4 Å². The van der Waals surface area contributed by atoms with Crippen LogP contribution >= 0.6 is 11.3 Å². The minimum absolute atomic E-state index is 0.181. The molecule has 190 valence electrons. The number of likely N-dealkylation sites (tertiary alicyclic amines) is 1. The lowest BCUT2D eigenvalue weighted by molar-refractivity contribution is -0.192. The van der Waals surface area contributed by atoms with Crippen molar-refractivity contribution in [1.29, 1.82) is 0 Å². The third kappa shape index (κ3) is 6.31. The van der Waals surface area contributed by atoms with E-state index in [1.165, 1.54) is 21.6 Å². The molecule has 0 spiro atoms. The standard InChI is InChI=1S/C24H25N3OS.C2HF3O2/c1-16-5-2-9-20-23(16)26-24(25-20)22-11-10-21(29-22)18-7-3-6-17(13-18)14-27-12-4-8-19(28)15-27;3-2(4,5)1(6)7/h2-3,5-7,9-11,13,19,28H,4,8,12,14-15H2,1H3,(H,25,26);(H,6,7). The molecule has 10 heteroatoms. The number of aryl methyl sites for hydroxylation is 1. The predicted molar refractivity (Wildman–Crippen MR) is 134 cm³/mol. The van der Waals surface area contributed by atoms with Gasteiger partial charge >= 0.3 is 12.1 Å². The summed E-state index contributed by atoms with van der Waals surface area (Å²) < 4.78 is 31.7. The largest absolute Gasteiger partial charge is 0.490 e. The second-order valence-electron chi connectivity index (χ2n) is 8.75. The monoisotopic (exact) mass is 517 g/mol. The molecule has 0 aliphatic carbocycles. The van der Waals surface area contributed by atoms with E-state index in [1.807, 2.05) is 0 Å². The molecular weight excluding hydrogens is 491 g/mol. The molecule has 6 nitrogen and oxygen atoms in total. The first-order valence-corrected chi connectivity index (χ1v) is 12.3. The lowest BCUT2D eigenvalue weighted by Crippen LogP contribution is -2.37. The average Bonchev–Trinajstić information content (AvgIpc) is 3.47. The Morgan fingerprint density at radius 3 is 2.58 bits per heavy atom. The number of H-pyrrole nitrogens is 1. The van der Waals surface area contributed by atoms with E-state index in [2.05, 4.69) is 71.4 Å². The zero-order valence-corrected chi connectivity index (χ0v) is 20.4. The SMILES string of the molecule is Cc1cccc2[nH]c(-c3ccc(-c4cccc(CN5CCCC(O)C5)c4)s3)nc12.O=C(O)C(F)(F)F. The Bertz CT molecular complexity index is 1350. The van der Waals surface area contributed by atoms with Gasteiger partial charge in [-0.3, -0.25) is 4.90 Å². The lowest BCUT2D eigenvalue weighted by atomic mass is 10.1. The number of aliphatic carboxylic acids is 1. The number of nitrogens with one attached hydrogen (secondary N) is 1. The molecule has 2 aromatic carbocycles. The van der Waals surface area contributed by atoms with Gasteiger partial charge in [0.2, 0.25) is 0 Å². The van der Waals surface area contributed by atoms with E-state index in [4.69, 9.17) is 14.9 Å². The zero-order chi connectivity index (χ0) is 25.9. The first kappa shape index (κ1) is 25.9. The van der Waals surface area contributed by atoms with E-state index >= 15 is 0 Å². The quantitative estimate of drug-likeness (QED) is 0.316. The Morgan fingerprint density at radius 1 is 1.17 bits per heavy atom. The molecule has 0 radical (unpaired) electrons. The summed E-state index contributed by atoms with van der Waals surface area (Å²) in [5, 5.41) is 17.0. The number of para-hydroxylation sites is 1. The van der Waals surface area contributed by atoms with Crippen molar-refractivity contribution in [3.05, 3.63) is 65.7 Å². The number of nitrogens with zero attached hydrogens (tertiary/aromatic N) is 2. The first-order valence-electron chi connectivity index (χ1n) is 11.5. The molecular formula is C26H26F3N3O3S. The van der Waals surface area contributed by atoms with Crippen LogP contribution in [0.25, 0.3) is 32.2 Å². The number of rotatable bonds is 4. The van der Waals surface area contributed by atoms with Crippen molar-refractivity contribution >= 4 is 28.3 Å². The number of thiophene rings is 1. The average molecular weight is 518 g/mol. The van der Waals surface area contributed by atoms with E-state index in [0.717, 1.165) is 54.2 Å². The Balaban J connectivity index is 0.000000384. The fourth-order valence-electron chi connectivity index (χ4n) is 4.17. The number of alkyl halides is 3. The highest BCUT2D eigenvalue weighted by atomic mass is 32.1. The van der Waals surface area contributed by atoms with E-state index in [9.17, 15) is 18.3 Å². The number of carboxylic acid groups (broad SMARTS) is 1. The number of aromatic nitrogens is 2. The number of halogens is 3. The molecule has 0 amide bonds. The van der Waals surface area contributed by atoms with Gasteiger partial charge in [0.1, 0.15) is 5.82 Å². The summed E-state index contributed by atoms with van der Waals surface area (Å²) >= 11 is 1.77. The van der Waals surface area contributed by atoms with E-state index in [0.29, 0.717) is 0 Å². The van der Waals surface area contributed by atoms with Crippen LogP contribution in [0.3, 0.4) is 0 Å². The highest BCUT2D eigenvalue weighted by Crippen LogP contribution is 2.35. The maximum Gasteiger partial charge on any atom is 0.490 e. The molecule has 3 heterocycles. The third-order valence-electron chi connectivity index (χ3n) is 5.89. The van der Waals surface area contributed by atoms with Crippen LogP contribution < -0.4 is 0 Å². The predicted octanol–water partition coefficient (Wildman–Crippen LogP) is 5.86. The molecule has 3 N–H and O–H groups in total. The van der Waals surface area contributed by atoms with Crippen LogP contribution in [0.1, 0.15) is 24.0 Å². The van der Waals surface area contributed by atoms with Gasteiger partial charge in [-0.05, 0) is 67.3 Å². The van der Waals surface area contributed by atoms with Gasteiger partial charge in [-0.25, -0.2) is 9.78 Å². The first-order chi connectivity index (χ1) is 17.1. The smallest absolute Gasteiger partial charge is 0.475 e. The number of fused-ring (bicyclic) bond motifs is 1. The number of aromatic amines is 1. The van der Waals surface area contributed by atoms with Gasteiger partial charge in [0.15, 0.2) is 0 Å². The molecule has 1 unspecified atom stereocenters. The van der Waals surface area contributed by atoms with Gasteiger partial charge < -0.3 is 15.2 Å². The van der Waals surface area contributed by atoms with E-state index in [-0.39, 0.29) is 6.10 Å². The molecule has 1 atom stereocenters. The van der Waals surface area contributed by atoms with Gasteiger partial charge in [0, 0.05) is 18.0 Å². The molecule has 0 saturated carbocycles. The minimum atomic E-state index is -5.08. The summed E-state index contributed by atoms with van der Waals surface area (Å²) in [4.78, 5) is 21.9. The second-order valence-corrected chi connectivity index (χ2v) is 9.84. The number of carboxylic acids is 1. The normalized spacial score (nSPS) is 16.5. The van der Waals surface area contributed by atoms with Gasteiger partial charge in [0.05, 0.1) is 22.0 Å². The van der Waals surface area contributed by atoms with Crippen molar-refractivity contribution in [2.24, 2.45) is 0 Å². The van der Waals surface area contributed by atoms with Crippen LogP contribution in [0.5, 0.6) is 0 Å². The van der Waals surface area contributed by atoms with Gasteiger partial charge in [-0.1, -0.05) is 30.3 Å². The number of carbonyl (C=O) groups is 1. The van der Waals surface area contributed by atoms with Crippen LogP contribution in [-0.2, 0) is 11.3 Å². The number of hydrogen-bond acceptors (Lipinski definition) is 5. The highest BCUT2D eigenvalue weighted by Gasteiger charge is 2.38. The van der Waals surface area contributed by atoms with Crippen molar-refractivity contribution in [3.63, 3.8) is 0 Å². The molecule has 1 saturated heterocycles. The Kier molecular flexibility index (Phi) is 7.77. The summed E-state index contributed by atoms with van der Waals surface area (Å²) in [7, 11) is 0. The summed E-state index contributed by atoms with van der Waals surface area (Å²) in [5.74, 6) is -1.82. The lowest BCUT2D eigenvalue weighted by Gasteiger charge is -2.30. The molecule has 5 rings (SSSR count). The molecule has 1 aliphatic rings. The molecule has 0 bridgehead atoms. The molecule has 4 aromatic rings. The maximum absolute atomic E-state index is 10.6. The molecule has 1 fully saturated rings. The van der Waals surface area contributed by atoms with Gasteiger partial charge in [-0.15, -0.1) is 11.3 Å². The number of piperidine rings is 1. The minimum Gasteiger partial charge on any atom is -0.475 e. The fraction of sp³-hybridized carbons (Fsp3) is 0.308. The second kappa shape index (κ2) is 10.8. The van der Waals surface area contributed by atoms with Crippen molar-refractivity contribution in [2.45, 2.75) is 38.6 Å². The Morgan fingerprint density at radius 2 is 1.89 bits per heavy atom. The summed E-state index contributed by atoms with van der Waals surface area (Å²) in [5.41, 5.74) is 5.86. The van der Waals surface area contributed by atoms with Crippen molar-refractivity contribution in [2.75, 3.05) is 13.1 Å². The van der Waals surface area contributed by atoms with Crippen LogP contribution in [0, 0.1) is 6.92 Å². The van der Waals surface area contributed by atoms with Gasteiger partial charge in [0.25, 0.3) is 0 Å². The number of aliphatic hydroxyl groups is 1. The fourth-order valence-corrected chi connectivity index (χ4v) is 5.12. The molecule has 2 aromatic heterocycles. The molecule has 1 aliphatic heterocycles.